The lowest BCUT2D eigenvalue weighted by Crippen LogP contribution is -2.27. The Bertz CT molecular complexity index is 1260. The van der Waals surface area contributed by atoms with Gasteiger partial charge in [0, 0.05) is 36.1 Å². The van der Waals surface area contributed by atoms with E-state index < -0.39 is 5.97 Å². The van der Waals surface area contributed by atoms with Gasteiger partial charge in [-0.15, -0.1) is 0 Å². The van der Waals surface area contributed by atoms with E-state index in [0.717, 1.165) is 57.9 Å². The van der Waals surface area contributed by atoms with E-state index >= 15 is 0 Å². The number of aliphatic carboxylic acids is 1. The van der Waals surface area contributed by atoms with E-state index in [1.54, 1.807) is 0 Å². The summed E-state index contributed by atoms with van der Waals surface area (Å²) >= 11 is 0. The third-order valence-electron chi connectivity index (χ3n) is 6.66. The predicted octanol–water partition coefficient (Wildman–Crippen LogP) is 4.69. The van der Waals surface area contributed by atoms with Gasteiger partial charge in [-0.25, -0.2) is 0 Å². The van der Waals surface area contributed by atoms with Crippen molar-refractivity contribution in [1.29, 1.82) is 0 Å². The van der Waals surface area contributed by atoms with Crippen LogP contribution in [0.2, 0.25) is 0 Å². The summed E-state index contributed by atoms with van der Waals surface area (Å²) in [6, 6.07) is 12.6. The molecular weight excluding hydrogens is 430 g/mol. The lowest BCUT2D eigenvalue weighted by molar-refractivity contribution is -0.141. The minimum Gasteiger partial charge on any atom is -0.489 e. The fourth-order valence-corrected chi connectivity index (χ4v) is 4.83. The molecule has 0 amide bonds. The van der Waals surface area contributed by atoms with Gasteiger partial charge in [-0.3, -0.25) is 14.4 Å². The molecule has 1 atom stereocenters. The first-order valence-electron chi connectivity index (χ1n) is 11.9. The zero-order valence-electron chi connectivity index (χ0n) is 20.0. The van der Waals surface area contributed by atoms with E-state index in [1.165, 1.54) is 0 Å². The maximum Gasteiger partial charge on any atom is 0.307 e. The van der Waals surface area contributed by atoms with Crippen LogP contribution in [0.3, 0.4) is 0 Å². The van der Waals surface area contributed by atoms with E-state index in [9.17, 15) is 9.90 Å². The molecule has 0 aliphatic carbocycles. The summed E-state index contributed by atoms with van der Waals surface area (Å²) in [5, 5.41) is 15.0. The first-order valence-corrected chi connectivity index (χ1v) is 11.9. The largest absolute Gasteiger partial charge is 0.489 e. The minimum atomic E-state index is -0.699. The van der Waals surface area contributed by atoms with Crippen LogP contribution in [0.15, 0.2) is 42.0 Å². The fraction of sp³-hybridized carbons (Fsp3) is 0.407. The minimum absolute atomic E-state index is 0.256. The molecule has 3 heterocycles. The van der Waals surface area contributed by atoms with Gasteiger partial charge in [-0.1, -0.05) is 6.07 Å². The SMILES string of the molecule is Cc1nn(C(C)C)c2ccc(COc3ccc4c(c3)OCC(CN3CC[C@H](C(=O)O)C3)=C4)cc12. The Hall–Kier alpha value is -3.32. The predicted molar refractivity (Wildman–Crippen MR) is 131 cm³/mol. The summed E-state index contributed by atoms with van der Waals surface area (Å²) in [5.41, 5.74) is 5.47. The van der Waals surface area contributed by atoms with E-state index in [4.69, 9.17) is 9.47 Å². The number of carboxylic acid groups (broad SMARTS) is 1. The quantitative estimate of drug-likeness (QED) is 0.550. The van der Waals surface area contributed by atoms with Gasteiger partial charge in [0.05, 0.1) is 17.1 Å². The molecule has 7 heteroatoms. The Labute approximate surface area is 199 Å². The molecule has 1 N–H and O–H groups in total. The summed E-state index contributed by atoms with van der Waals surface area (Å²) in [5.74, 6) is 0.632. The topological polar surface area (TPSA) is 76.8 Å². The number of aromatic nitrogens is 2. The maximum absolute atomic E-state index is 11.2. The van der Waals surface area contributed by atoms with Crippen molar-refractivity contribution in [1.82, 2.24) is 14.7 Å². The van der Waals surface area contributed by atoms with E-state index in [-0.39, 0.29) is 5.92 Å². The number of aryl methyl sites for hydroxylation is 1. The summed E-state index contributed by atoms with van der Waals surface area (Å²) in [6.45, 7) is 9.48. The summed E-state index contributed by atoms with van der Waals surface area (Å²) in [7, 11) is 0. The standard InChI is InChI=1S/C27H31N3O4/c1-17(2)30-25-7-4-19(11-24(25)18(3)28-30)15-33-23-6-5-21-10-20(16-34-26(21)12-23)13-29-9-8-22(14-29)27(31)32/h4-7,10-12,17,22H,8-9,13-16H2,1-3H3,(H,31,32)/t22-/m0/s1. The van der Waals surface area contributed by atoms with Crippen LogP contribution in [0.25, 0.3) is 17.0 Å². The lowest BCUT2D eigenvalue weighted by Gasteiger charge is -2.23. The van der Waals surface area contributed by atoms with Gasteiger partial charge in [-0.2, -0.15) is 5.10 Å². The lowest BCUT2D eigenvalue weighted by atomic mass is 10.1. The summed E-state index contributed by atoms with van der Waals surface area (Å²) < 4.78 is 14.1. The van der Waals surface area contributed by atoms with Crippen LogP contribution in [0.1, 0.15) is 43.1 Å². The normalized spacial score (nSPS) is 18.1. The van der Waals surface area contributed by atoms with Crippen LogP contribution in [-0.4, -0.2) is 52.0 Å². The molecule has 7 nitrogen and oxygen atoms in total. The highest BCUT2D eigenvalue weighted by atomic mass is 16.5. The van der Waals surface area contributed by atoms with Gasteiger partial charge < -0.3 is 14.6 Å². The van der Waals surface area contributed by atoms with Gasteiger partial charge in [0.1, 0.15) is 24.7 Å². The molecule has 1 fully saturated rings. The second kappa shape index (κ2) is 9.14. The second-order valence-electron chi connectivity index (χ2n) is 9.61. The number of rotatable bonds is 7. The van der Waals surface area contributed by atoms with E-state index in [0.29, 0.717) is 32.2 Å². The molecule has 0 saturated carbocycles. The zero-order valence-corrected chi connectivity index (χ0v) is 20.0. The van der Waals surface area contributed by atoms with Crippen LogP contribution in [-0.2, 0) is 11.4 Å². The highest BCUT2D eigenvalue weighted by molar-refractivity contribution is 5.82. The number of likely N-dealkylation sites (tertiary alicyclic amines) is 1. The number of nitrogens with zero attached hydrogens (tertiary/aromatic N) is 3. The third kappa shape index (κ3) is 4.53. The monoisotopic (exact) mass is 461 g/mol. The summed E-state index contributed by atoms with van der Waals surface area (Å²) in [6.07, 6.45) is 2.87. The number of fused-ring (bicyclic) bond motifs is 2. The fourth-order valence-electron chi connectivity index (χ4n) is 4.83. The van der Waals surface area contributed by atoms with Crippen molar-refractivity contribution >= 4 is 22.9 Å². The Morgan fingerprint density at radius 1 is 1.26 bits per heavy atom. The van der Waals surface area contributed by atoms with Crippen molar-refractivity contribution in [2.24, 2.45) is 5.92 Å². The third-order valence-corrected chi connectivity index (χ3v) is 6.66. The molecule has 2 aliphatic heterocycles. The molecule has 1 aromatic heterocycles. The van der Waals surface area contributed by atoms with Crippen LogP contribution in [0.5, 0.6) is 11.5 Å². The molecule has 0 radical (unpaired) electrons. The number of ether oxygens (including phenoxy) is 2. The van der Waals surface area contributed by atoms with Gasteiger partial charge >= 0.3 is 5.97 Å². The maximum atomic E-state index is 11.2. The zero-order chi connectivity index (χ0) is 23.8. The van der Waals surface area contributed by atoms with Crippen LogP contribution in [0, 0.1) is 12.8 Å². The molecule has 34 heavy (non-hydrogen) atoms. The van der Waals surface area contributed by atoms with Gasteiger partial charge in [0.2, 0.25) is 0 Å². The number of carbonyl (C=O) groups is 1. The number of benzene rings is 2. The molecule has 1 saturated heterocycles. The van der Waals surface area contributed by atoms with Crippen molar-refractivity contribution in [3.63, 3.8) is 0 Å². The van der Waals surface area contributed by atoms with Gasteiger partial charge in [0.15, 0.2) is 0 Å². The molecule has 0 unspecified atom stereocenters. The van der Waals surface area contributed by atoms with Gasteiger partial charge in [-0.05, 0) is 75.2 Å². The van der Waals surface area contributed by atoms with Crippen LogP contribution in [0.4, 0.5) is 0 Å². The van der Waals surface area contributed by atoms with Crippen molar-refractivity contribution in [3.8, 4) is 11.5 Å². The highest BCUT2D eigenvalue weighted by Gasteiger charge is 2.28. The first-order chi connectivity index (χ1) is 16.4. The average molecular weight is 462 g/mol. The second-order valence-corrected chi connectivity index (χ2v) is 9.61. The molecule has 5 rings (SSSR count). The van der Waals surface area contributed by atoms with Crippen molar-refractivity contribution in [3.05, 3.63) is 58.8 Å². The van der Waals surface area contributed by atoms with Crippen LogP contribution >= 0.6 is 0 Å². The number of hydrogen-bond donors (Lipinski definition) is 1. The Morgan fingerprint density at radius 3 is 2.88 bits per heavy atom. The van der Waals surface area contributed by atoms with E-state index in [1.807, 2.05) is 25.1 Å². The van der Waals surface area contributed by atoms with E-state index in [2.05, 4.69) is 52.8 Å². The smallest absolute Gasteiger partial charge is 0.307 e. The van der Waals surface area contributed by atoms with Crippen molar-refractivity contribution < 1.29 is 19.4 Å². The Morgan fingerprint density at radius 2 is 2.12 bits per heavy atom. The number of carboxylic acids is 1. The molecule has 0 spiro atoms. The first kappa shape index (κ1) is 22.5. The molecule has 2 aromatic carbocycles. The molecule has 3 aromatic rings. The summed E-state index contributed by atoms with van der Waals surface area (Å²) in [4.78, 5) is 13.4. The van der Waals surface area contributed by atoms with Crippen LogP contribution < -0.4 is 9.47 Å². The molecular formula is C27H31N3O4. The van der Waals surface area contributed by atoms with Gasteiger partial charge in [0.25, 0.3) is 0 Å². The highest BCUT2D eigenvalue weighted by Crippen LogP contribution is 2.32. The number of hydrogen-bond acceptors (Lipinski definition) is 5. The molecule has 178 valence electrons. The van der Waals surface area contributed by atoms with Crippen molar-refractivity contribution in [2.45, 2.75) is 39.8 Å². The Kier molecular flexibility index (Phi) is 6.04. The molecule has 2 aliphatic rings. The molecule has 0 bridgehead atoms. The van der Waals surface area contributed by atoms with Crippen molar-refractivity contribution in [2.75, 3.05) is 26.2 Å². The average Bonchev–Trinajstić information content (AvgIpc) is 3.42. The Balaban J connectivity index is 1.23.